The standard InChI is InChI=1S/C43H37NO4/c1-30-28-31(2)43(32(3)29-30)44(39-22-16-37(17-23-39)14-8-33-4-10-35(11-5-33)20-26-41(45)46)40-24-18-38(19-25-40)15-9-34-6-12-36(13-7-34)21-27-42(47)48/h4-29H,1-3H3,(H,45,46)(H,47,48). The second-order valence-corrected chi connectivity index (χ2v) is 11.6. The Labute approximate surface area is 281 Å². The lowest BCUT2D eigenvalue weighted by Gasteiger charge is -2.29. The number of aliphatic carboxylic acids is 2. The summed E-state index contributed by atoms with van der Waals surface area (Å²) in [5.74, 6) is -1.93. The molecule has 2 N–H and O–H groups in total. The first-order valence-corrected chi connectivity index (χ1v) is 15.6. The summed E-state index contributed by atoms with van der Waals surface area (Å²) in [6.45, 7) is 6.43. The van der Waals surface area contributed by atoms with Gasteiger partial charge in [0, 0.05) is 23.5 Å². The zero-order valence-corrected chi connectivity index (χ0v) is 27.2. The molecule has 0 heterocycles. The monoisotopic (exact) mass is 631 g/mol. The van der Waals surface area contributed by atoms with Crippen molar-refractivity contribution in [1.29, 1.82) is 0 Å². The number of carboxylic acids is 2. The first-order chi connectivity index (χ1) is 23.1. The number of benzene rings is 5. The summed E-state index contributed by atoms with van der Waals surface area (Å²) in [6, 6.07) is 36.9. The Bertz CT molecular complexity index is 1870. The van der Waals surface area contributed by atoms with Crippen LogP contribution in [-0.2, 0) is 9.59 Å². The van der Waals surface area contributed by atoms with Crippen LogP contribution in [0.2, 0.25) is 0 Å². The Balaban J connectivity index is 1.38. The Hall–Kier alpha value is -6.20. The maximum atomic E-state index is 10.8. The topological polar surface area (TPSA) is 77.8 Å². The van der Waals surface area contributed by atoms with E-state index in [0.717, 1.165) is 62.6 Å². The molecule has 0 spiro atoms. The summed E-state index contributed by atoms with van der Waals surface area (Å²) >= 11 is 0. The van der Waals surface area contributed by atoms with Gasteiger partial charge in [-0.2, -0.15) is 0 Å². The molecular formula is C43H37NO4. The maximum Gasteiger partial charge on any atom is 0.328 e. The van der Waals surface area contributed by atoms with Crippen molar-refractivity contribution in [2.45, 2.75) is 20.8 Å². The summed E-state index contributed by atoms with van der Waals surface area (Å²) in [4.78, 5) is 23.9. The summed E-state index contributed by atoms with van der Waals surface area (Å²) in [7, 11) is 0. The van der Waals surface area contributed by atoms with Crippen molar-refractivity contribution in [2.24, 2.45) is 0 Å². The van der Waals surface area contributed by atoms with E-state index in [-0.39, 0.29) is 0 Å². The van der Waals surface area contributed by atoms with Crippen LogP contribution in [0.5, 0.6) is 0 Å². The Morgan fingerprint density at radius 2 is 0.729 bits per heavy atom. The van der Waals surface area contributed by atoms with Gasteiger partial charge in [0.15, 0.2) is 0 Å². The molecule has 0 saturated carbocycles. The average molecular weight is 632 g/mol. The molecule has 0 aliphatic heterocycles. The Morgan fingerprint density at radius 3 is 1.02 bits per heavy atom. The minimum atomic E-state index is -0.965. The van der Waals surface area contributed by atoms with Gasteiger partial charge >= 0.3 is 11.9 Å². The SMILES string of the molecule is Cc1cc(C)c(N(c2ccc(C=Cc3ccc(C=CC(=O)O)cc3)cc2)c2ccc(C=Cc3ccc(C=CC(=O)O)cc3)cc2)c(C)c1. The summed E-state index contributed by atoms with van der Waals surface area (Å²) in [5.41, 5.74) is 12.7. The molecular weight excluding hydrogens is 594 g/mol. The van der Waals surface area contributed by atoms with Crippen LogP contribution in [0.1, 0.15) is 50.1 Å². The predicted molar refractivity (Wildman–Crippen MR) is 199 cm³/mol. The van der Waals surface area contributed by atoms with Crippen LogP contribution in [0.25, 0.3) is 36.5 Å². The van der Waals surface area contributed by atoms with Crippen LogP contribution in [0.4, 0.5) is 17.1 Å². The summed E-state index contributed by atoms with van der Waals surface area (Å²) < 4.78 is 0. The van der Waals surface area contributed by atoms with Gasteiger partial charge in [-0.25, -0.2) is 9.59 Å². The highest BCUT2D eigenvalue weighted by Gasteiger charge is 2.17. The highest BCUT2D eigenvalue weighted by Crippen LogP contribution is 2.39. The van der Waals surface area contributed by atoms with Gasteiger partial charge in [-0.15, -0.1) is 0 Å². The van der Waals surface area contributed by atoms with Gasteiger partial charge in [-0.1, -0.05) is 115 Å². The maximum absolute atomic E-state index is 10.8. The van der Waals surface area contributed by atoms with Crippen LogP contribution >= 0.6 is 0 Å². The van der Waals surface area contributed by atoms with Crippen LogP contribution in [-0.4, -0.2) is 22.2 Å². The molecule has 0 unspecified atom stereocenters. The van der Waals surface area contributed by atoms with Crippen LogP contribution in [0, 0.1) is 20.8 Å². The van der Waals surface area contributed by atoms with Gasteiger partial charge in [0.25, 0.3) is 0 Å². The molecule has 0 amide bonds. The number of anilines is 3. The van der Waals surface area contributed by atoms with E-state index in [2.05, 4.69) is 98.5 Å². The van der Waals surface area contributed by atoms with Gasteiger partial charge in [0.1, 0.15) is 0 Å². The second kappa shape index (κ2) is 15.4. The first-order valence-electron chi connectivity index (χ1n) is 15.6. The van der Waals surface area contributed by atoms with Crippen molar-refractivity contribution in [3.8, 4) is 0 Å². The molecule has 0 aliphatic rings. The lowest BCUT2D eigenvalue weighted by molar-refractivity contribution is -0.132. The summed E-state index contributed by atoms with van der Waals surface area (Å²) in [5, 5.41) is 17.7. The fourth-order valence-corrected chi connectivity index (χ4v) is 5.56. The fraction of sp³-hybridized carbons (Fsp3) is 0.0698. The van der Waals surface area contributed by atoms with Crippen LogP contribution in [0.3, 0.4) is 0 Å². The molecule has 238 valence electrons. The van der Waals surface area contributed by atoms with E-state index >= 15 is 0 Å². The molecule has 0 fully saturated rings. The van der Waals surface area contributed by atoms with Gasteiger partial charge < -0.3 is 15.1 Å². The van der Waals surface area contributed by atoms with Crippen LogP contribution in [0.15, 0.2) is 121 Å². The van der Waals surface area contributed by atoms with E-state index in [1.54, 1.807) is 12.2 Å². The minimum absolute atomic E-state index is 0.837. The molecule has 0 aliphatic carbocycles. The van der Waals surface area contributed by atoms with Gasteiger partial charge in [0.05, 0.1) is 5.69 Å². The van der Waals surface area contributed by atoms with Crippen molar-refractivity contribution in [3.63, 3.8) is 0 Å². The predicted octanol–water partition coefficient (Wildman–Crippen LogP) is 10.6. The van der Waals surface area contributed by atoms with E-state index in [9.17, 15) is 9.59 Å². The zero-order valence-electron chi connectivity index (χ0n) is 27.2. The quantitative estimate of drug-likeness (QED) is 0.112. The molecule has 0 bridgehead atoms. The number of hydrogen-bond donors (Lipinski definition) is 2. The highest BCUT2D eigenvalue weighted by atomic mass is 16.4. The first kappa shape index (κ1) is 33.2. The molecule has 48 heavy (non-hydrogen) atoms. The number of aryl methyl sites for hydroxylation is 3. The normalized spacial score (nSPS) is 11.6. The molecule has 5 nitrogen and oxygen atoms in total. The molecule has 5 heteroatoms. The number of carbonyl (C=O) groups is 2. The Morgan fingerprint density at radius 1 is 0.458 bits per heavy atom. The van der Waals surface area contributed by atoms with Crippen molar-refractivity contribution in [3.05, 3.63) is 171 Å². The molecule has 5 aromatic rings. The molecule has 0 radical (unpaired) electrons. The number of nitrogens with zero attached hydrogens (tertiary/aromatic N) is 1. The minimum Gasteiger partial charge on any atom is -0.478 e. The summed E-state index contributed by atoms with van der Waals surface area (Å²) in [6.07, 6.45) is 13.7. The van der Waals surface area contributed by atoms with Crippen molar-refractivity contribution >= 4 is 65.5 Å². The van der Waals surface area contributed by atoms with Crippen molar-refractivity contribution in [1.82, 2.24) is 0 Å². The van der Waals surface area contributed by atoms with Gasteiger partial charge in [-0.3, -0.25) is 0 Å². The second-order valence-electron chi connectivity index (χ2n) is 11.6. The fourth-order valence-electron chi connectivity index (χ4n) is 5.56. The lowest BCUT2D eigenvalue weighted by atomic mass is 10.0. The number of carboxylic acid groups (broad SMARTS) is 2. The van der Waals surface area contributed by atoms with Crippen LogP contribution < -0.4 is 4.90 Å². The highest BCUT2D eigenvalue weighted by molar-refractivity contribution is 5.86. The molecule has 5 aromatic carbocycles. The van der Waals surface area contributed by atoms with E-state index in [0.29, 0.717) is 0 Å². The smallest absolute Gasteiger partial charge is 0.328 e. The largest absolute Gasteiger partial charge is 0.478 e. The third kappa shape index (κ3) is 8.95. The van der Waals surface area contributed by atoms with Crippen molar-refractivity contribution in [2.75, 3.05) is 4.90 Å². The third-order valence-corrected chi connectivity index (χ3v) is 7.81. The van der Waals surface area contributed by atoms with Gasteiger partial charge in [0.2, 0.25) is 0 Å². The van der Waals surface area contributed by atoms with E-state index in [1.807, 2.05) is 60.7 Å². The average Bonchev–Trinajstić information content (AvgIpc) is 3.07. The lowest BCUT2D eigenvalue weighted by Crippen LogP contribution is -2.13. The van der Waals surface area contributed by atoms with Gasteiger partial charge in [-0.05, 0) is 102 Å². The van der Waals surface area contributed by atoms with Crippen molar-refractivity contribution < 1.29 is 19.8 Å². The molecule has 5 rings (SSSR count). The third-order valence-electron chi connectivity index (χ3n) is 7.81. The van der Waals surface area contributed by atoms with E-state index in [1.165, 1.54) is 16.7 Å². The molecule has 0 aromatic heterocycles. The number of hydrogen-bond acceptors (Lipinski definition) is 3. The van der Waals surface area contributed by atoms with E-state index in [4.69, 9.17) is 10.2 Å². The molecule has 0 atom stereocenters. The zero-order chi connectivity index (χ0) is 34.0. The van der Waals surface area contributed by atoms with E-state index < -0.39 is 11.9 Å². The molecule has 0 saturated heterocycles. The number of rotatable bonds is 11. The Kier molecular flexibility index (Phi) is 10.6.